The number of hydrogen-bond acceptors (Lipinski definition) is 0. The van der Waals surface area contributed by atoms with Crippen molar-refractivity contribution in [3.8, 4) is 0 Å². The molecule has 0 aromatic carbocycles. The van der Waals surface area contributed by atoms with E-state index in [2.05, 4.69) is 6.55 Å². The van der Waals surface area contributed by atoms with Crippen molar-refractivity contribution in [1.82, 2.24) is 0 Å². The quantitative estimate of drug-likeness (QED) is 0.498. The van der Waals surface area contributed by atoms with E-state index < -0.39 is 0 Å². The zero-order valence-corrected chi connectivity index (χ0v) is 6.61. The molecule has 1 heteroatoms. The first-order chi connectivity index (χ1) is 3.93. The maximum absolute atomic E-state index is 2.32. The van der Waals surface area contributed by atoms with Crippen LogP contribution in [0.25, 0.3) is 0 Å². The molecule has 0 unspecified atom stereocenters. The van der Waals surface area contributed by atoms with Gasteiger partial charge in [0.1, 0.15) is 0 Å². The zero-order valence-electron chi connectivity index (χ0n) is 5.61. The van der Waals surface area contributed by atoms with Crippen molar-refractivity contribution < 1.29 is 0 Å². The number of hydrogen-bond donors (Lipinski definition) is 0. The third-order valence-electron chi connectivity index (χ3n) is 1.97. The predicted octanol–water partition coefficient (Wildman–Crippen LogP) is 2.35. The fourth-order valence-electron chi connectivity index (χ4n) is 1.50. The Morgan fingerprint density at radius 1 is 1.38 bits per heavy atom. The van der Waals surface area contributed by atoms with E-state index in [0.717, 1.165) is 5.92 Å². The van der Waals surface area contributed by atoms with Crippen LogP contribution >= 0.6 is 0 Å². The average molecular weight is 126 g/mol. The lowest BCUT2D eigenvalue weighted by Crippen LogP contribution is -1.94. The summed E-state index contributed by atoms with van der Waals surface area (Å²) >= 11 is 0. The zero-order chi connectivity index (χ0) is 5.82. The van der Waals surface area contributed by atoms with Crippen LogP contribution in [0.4, 0.5) is 0 Å². The van der Waals surface area contributed by atoms with Gasteiger partial charge in [0.25, 0.3) is 0 Å². The summed E-state index contributed by atoms with van der Waals surface area (Å²) in [6.45, 7) is 2.32. The summed E-state index contributed by atoms with van der Waals surface area (Å²) in [7, 11) is 1.19. The standard InChI is InChI=1S/C7H14Si/c1-8-6-7-4-2-3-5-7/h7H,2-6H2,1H3. The maximum Gasteiger partial charge on any atom is 0.0345 e. The van der Waals surface area contributed by atoms with Gasteiger partial charge < -0.3 is 0 Å². The molecule has 0 amide bonds. The monoisotopic (exact) mass is 126 g/mol. The van der Waals surface area contributed by atoms with E-state index >= 15 is 0 Å². The summed E-state index contributed by atoms with van der Waals surface area (Å²) in [5, 5.41) is 0. The molecule has 0 spiro atoms. The van der Waals surface area contributed by atoms with Crippen LogP contribution in [0.15, 0.2) is 0 Å². The molecular weight excluding hydrogens is 112 g/mol. The van der Waals surface area contributed by atoms with Crippen LogP contribution in [-0.2, 0) is 0 Å². The first-order valence-corrected chi connectivity index (χ1v) is 5.29. The fourth-order valence-corrected chi connectivity index (χ4v) is 2.49. The van der Waals surface area contributed by atoms with Gasteiger partial charge in [0, 0.05) is 9.52 Å². The Kier molecular flexibility index (Phi) is 2.60. The Balaban J connectivity index is 2.06. The smallest absolute Gasteiger partial charge is 0.0345 e. The molecule has 2 radical (unpaired) electrons. The molecule has 1 aliphatic carbocycles. The molecule has 1 rings (SSSR count). The molecule has 1 fully saturated rings. The fraction of sp³-hybridized carbons (Fsp3) is 1.00. The van der Waals surface area contributed by atoms with Gasteiger partial charge in [-0.1, -0.05) is 38.3 Å². The van der Waals surface area contributed by atoms with E-state index in [1.807, 2.05) is 0 Å². The normalized spacial score (nSPS) is 22.1. The van der Waals surface area contributed by atoms with Gasteiger partial charge in [-0.15, -0.1) is 0 Å². The summed E-state index contributed by atoms with van der Waals surface area (Å²) in [6.07, 6.45) is 6.08. The van der Waals surface area contributed by atoms with E-state index in [1.54, 1.807) is 0 Å². The van der Waals surface area contributed by atoms with Crippen molar-refractivity contribution in [3.05, 3.63) is 0 Å². The minimum atomic E-state index is 1.12. The van der Waals surface area contributed by atoms with Gasteiger partial charge in [0.05, 0.1) is 0 Å². The Morgan fingerprint density at radius 2 is 2.00 bits per heavy atom. The highest BCUT2D eigenvalue weighted by Crippen LogP contribution is 2.27. The third-order valence-corrected chi connectivity index (χ3v) is 2.95. The SMILES string of the molecule is C[Si]CC1CCCC1. The molecule has 0 heterocycles. The molecule has 1 saturated carbocycles. The Bertz CT molecular complexity index is 55.4. The minimum absolute atomic E-state index is 1.12. The molecular formula is C7H14Si. The van der Waals surface area contributed by atoms with E-state index in [1.165, 1.54) is 41.2 Å². The van der Waals surface area contributed by atoms with Crippen LogP contribution in [0.2, 0.25) is 12.6 Å². The van der Waals surface area contributed by atoms with Crippen molar-refractivity contribution in [2.75, 3.05) is 0 Å². The molecule has 0 N–H and O–H groups in total. The van der Waals surface area contributed by atoms with Gasteiger partial charge >= 0.3 is 0 Å². The topological polar surface area (TPSA) is 0 Å². The molecule has 0 saturated heterocycles. The van der Waals surface area contributed by atoms with Gasteiger partial charge in [0.15, 0.2) is 0 Å². The molecule has 0 aromatic heterocycles. The van der Waals surface area contributed by atoms with Crippen molar-refractivity contribution >= 4 is 9.52 Å². The molecule has 0 aromatic rings. The van der Waals surface area contributed by atoms with Crippen molar-refractivity contribution in [2.24, 2.45) is 5.92 Å². The molecule has 0 atom stereocenters. The molecule has 8 heavy (non-hydrogen) atoms. The van der Waals surface area contributed by atoms with Gasteiger partial charge in [-0.25, -0.2) is 0 Å². The summed E-state index contributed by atoms with van der Waals surface area (Å²) in [6, 6.07) is 1.51. The van der Waals surface area contributed by atoms with E-state index in [-0.39, 0.29) is 0 Å². The summed E-state index contributed by atoms with van der Waals surface area (Å²) in [5.74, 6) is 1.12. The van der Waals surface area contributed by atoms with Crippen LogP contribution in [0, 0.1) is 5.92 Å². The first kappa shape index (κ1) is 6.34. The van der Waals surface area contributed by atoms with E-state index in [0.29, 0.717) is 0 Å². The van der Waals surface area contributed by atoms with Crippen LogP contribution in [-0.4, -0.2) is 9.52 Å². The van der Waals surface area contributed by atoms with Gasteiger partial charge in [-0.05, 0) is 5.92 Å². The lowest BCUT2D eigenvalue weighted by atomic mass is 10.1. The second-order valence-electron chi connectivity index (χ2n) is 2.71. The van der Waals surface area contributed by atoms with Gasteiger partial charge in [-0.2, -0.15) is 0 Å². The lowest BCUT2D eigenvalue weighted by molar-refractivity contribution is 0.609. The highest BCUT2D eigenvalue weighted by atomic mass is 28.2. The molecule has 0 nitrogen and oxygen atoms in total. The van der Waals surface area contributed by atoms with E-state index in [9.17, 15) is 0 Å². The van der Waals surface area contributed by atoms with Gasteiger partial charge in [0.2, 0.25) is 0 Å². The summed E-state index contributed by atoms with van der Waals surface area (Å²) < 4.78 is 0. The molecule has 46 valence electrons. The maximum atomic E-state index is 2.32. The Labute approximate surface area is 54.5 Å². The average Bonchev–Trinajstić information content (AvgIpc) is 2.19. The second kappa shape index (κ2) is 3.28. The highest BCUT2D eigenvalue weighted by Gasteiger charge is 2.12. The highest BCUT2D eigenvalue weighted by molar-refractivity contribution is 6.33. The van der Waals surface area contributed by atoms with Crippen molar-refractivity contribution in [2.45, 2.75) is 38.3 Å². The third kappa shape index (κ3) is 1.62. The number of rotatable bonds is 2. The first-order valence-electron chi connectivity index (χ1n) is 3.58. The predicted molar refractivity (Wildman–Crippen MR) is 38.4 cm³/mol. The van der Waals surface area contributed by atoms with Gasteiger partial charge in [-0.3, -0.25) is 0 Å². The Hall–Kier alpha value is 0.217. The van der Waals surface area contributed by atoms with Crippen LogP contribution in [0.3, 0.4) is 0 Å². The van der Waals surface area contributed by atoms with Crippen LogP contribution in [0.1, 0.15) is 25.7 Å². The van der Waals surface area contributed by atoms with Crippen LogP contribution in [0.5, 0.6) is 0 Å². The summed E-state index contributed by atoms with van der Waals surface area (Å²) in [5.41, 5.74) is 0. The molecule has 0 bridgehead atoms. The largest absolute Gasteiger partial charge is 0.0733 e. The summed E-state index contributed by atoms with van der Waals surface area (Å²) in [4.78, 5) is 0. The van der Waals surface area contributed by atoms with Crippen LogP contribution < -0.4 is 0 Å². The minimum Gasteiger partial charge on any atom is -0.0733 e. The second-order valence-corrected chi connectivity index (χ2v) is 3.82. The molecule has 1 aliphatic rings. The lowest BCUT2D eigenvalue weighted by Gasteiger charge is -2.02. The van der Waals surface area contributed by atoms with E-state index in [4.69, 9.17) is 0 Å². The van der Waals surface area contributed by atoms with Crippen molar-refractivity contribution in [3.63, 3.8) is 0 Å². The Morgan fingerprint density at radius 3 is 2.50 bits per heavy atom. The molecule has 0 aliphatic heterocycles. The van der Waals surface area contributed by atoms with Crippen molar-refractivity contribution in [1.29, 1.82) is 0 Å².